The number of imidazole rings is 1. The van der Waals surface area contributed by atoms with Crippen LogP contribution >= 0.6 is 7.82 Å². The second-order valence-corrected chi connectivity index (χ2v) is 6.80. The predicted molar refractivity (Wildman–Crippen MR) is 83.6 cm³/mol. The fourth-order valence-corrected chi connectivity index (χ4v) is 3.13. The first-order valence-electron chi connectivity index (χ1n) is 6.93. The predicted octanol–water partition coefficient (Wildman–Crippen LogP) is -0.119. The SMILES string of the molecule is [B][P+]1(O)OCC[C@H](n2cnc3c(=O)[nH]c(N)nc32)O[C@@H](C)CO1. The third-order valence-corrected chi connectivity index (χ3v) is 4.36. The Balaban J connectivity index is 1.95. The number of H-pyrrole nitrogens is 1. The molecule has 122 valence electrons. The Morgan fingerprint density at radius 3 is 3.13 bits per heavy atom. The number of aromatic nitrogens is 4. The molecule has 4 N–H and O–H groups in total. The minimum absolute atomic E-state index is 0.0118. The van der Waals surface area contributed by atoms with Crippen LogP contribution in [0.2, 0.25) is 0 Å². The molecule has 3 rings (SSSR count). The number of nitrogens with one attached hydrogen (secondary N) is 1. The van der Waals surface area contributed by atoms with Gasteiger partial charge in [0.2, 0.25) is 5.95 Å². The lowest BCUT2D eigenvalue weighted by molar-refractivity contribution is -0.0616. The average molecular weight is 340 g/mol. The van der Waals surface area contributed by atoms with Crippen LogP contribution in [0.25, 0.3) is 11.2 Å². The molecule has 0 saturated carbocycles. The summed E-state index contributed by atoms with van der Waals surface area (Å²) in [5.74, 6) is -0.0118. The molecule has 0 amide bonds. The van der Waals surface area contributed by atoms with Crippen molar-refractivity contribution in [1.82, 2.24) is 19.5 Å². The summed E-state index contributed by atoms with van der Waals surface area (Å²) in [6, 6.07) is 0. The first-order valence-corrected chi connectivity index (χ1v) is 8.57. The highest BCUT2D eigenvalue weighted by atomic mass is 31.2. The van der Waals surface area contributed by atoms with Gasteiger partial charge in [0.1, 0.15) is 12.8 Å². The molecule has 23 heavy (non-hydrogen) atoms. The van der Waals surface area contributed by atoms with Gasteiger partial charge in [0, 0.05) is 6.42 Å². The van der Waals surface area contributed by atoms with Crippen LogP contribution in [0.1, 0.15) is 19.6 Å². The molecule has 1 aliphatic rings. The molecule has 12 heteroatoms. The van der Waals surface area contributed by atoms with Crippen molar-refractivity contribution in [2.75, 3.05) is 18.9 Å². The van der Waals surface area contributed by atoms with Crippen LogP contribution in [0.4, 0.5) is 5.95 Å². The van der Waals surface area contributed by atoms with E-state index in [-0.39, 0.29) is 30.8 Å². The van der Waals surface area contributed by atoms with Crippen molar-refractivity contribution in [3.05, 3.63) is 16.7 Å². The number of rotatable bonds is 1. The van der Waals surface area contributed by atoms with Crippen LogP contribution in [0, 0.1) is 0 Å². The Kier molecular flexibility index (Phi) is 4.39. The number of nitrogens with zero attached hydrogens (tertiary/aromatic N) is 3. The zero-order valence-electron chi connectivity index (χ0n) is 12.4. The van der Waals surface area contributed by atoms with E-state index in [4.69, 9.17) is 27.1 Å². The standard InChI is InChI=1S/C11H16BN5O5P/c1-6-4-21-23(12,19)20-3-2-7(22-6)17-5-14-8-9(17)15-11(13)16-10(8)18/h5-7,19H,2-4H2,1H3,(H3,13,15,16,18)/q+1/t6-,7+,23?/m0/s1. The van der Waals surface area contributed by atoms with Crippen LogP contribution in [-0.2, 0) is 13.8 Å². The van der Waals surface area contributed by atoms with E-state index in [1.165, 1.54) is 6.33 Å². The summed E-state index contributed by atoms with van der Waals surface area (Å²) >= 11 is 0. The van der Waals surface area contributed by atoms with Gasteiger partial charge in [0.15, 0.2) is 11.2 Å². The smallest absolute Gasteiger partial charge is 0.369 e. The highest BCUT2D eigenvalue weighted by Crippen LogP contribution is 2.52. The molecule has 3 heterocycles. The molecule has 1 saturated heterocycles. The lowest BCUT2D eigenvalue weighted by Gasteiger charge is -2.21. The summed E-state index contributed by atoms with van der Waals surface area (Å²) in [5, 5.41) is 0. The van der Waals surface area contributed by atoms with E-state index in [0.717, 1.165) is 0 Å². The van der Waals surface area contributed by atoms with Crippen molar-refractivity contribution < 1.29 is 18.7 Å². The maximum absolute atomic E-state index is 11.8. The quantitative estimate of drug-likeness (QED) is 0.483. The molecule has 3 atom stereocenters. The largest absolute Gasteiger partial charge is 0.488 e. The Morgan fingerprint density at radius 2 is 2.35 bits per heavy atom. The molecular weight excluding hydrogens is 324 g/mol. The Bertz CT molecular complexity index is 765. The van der Waals surface area contributed by atoms with Crippen molar-refractivity contribution in [3.8, 4) is 0 Å². The molecule has 0 spiro atoms. The van der Waals surface area contributed by atoms with Gasteiger partial charge < -0.3 is 10.5 Å². The molecule has 1 fully saturated rings. The number of hydrogen-bond donors (Lipinski definition) is 3. The van der Waals surface area contributed by atoms with Crippen molar-refractivity contribution in [1.29, 1.82) is 0 Å². The first kappa shape index (κ1) is 16.3. The van der Waals surface area contributed by atoms with E-state index in [1.807, 2.05) is 0 Å². The van der Waals surface area contributed by atoms with Gasteiger partial charge in [-0.1, -0.05) is 0 Å². The van der Waals surface area contributed by atoms with E-state index in [1.54, 1.807) is 11.5 Å². The Labute approximate surface area is 132 Å². The van der Waals surface area contributed by atoms with Gasteiger partial charge in [-0.05, 0) is 6.92 Å². The highest BCUT2D eigenvalue weighted by molar-refractivity contribution is 7.85. The molecule has 0 aliphatic carbocycles. The number of nitrogen functional groups attached to an aromatic ring is 1. The van der Waals surface area contributed by atoms with Gasteiger partial charge in [0.25, 0.3) is 5.56 Å². The summed E-state index contributed by atoms with van der Waals surface area (Å²) in [6.07, 6.45) is 0.915. The lowest BCUT2D eigenvalue weighted by atomic mass is 10.3. The van der Waals surface area contributed by atoms with Crippen LogP contribution in [0.3, 0.4) is 0 Å². The molecular formula is C11H16BN5O5P+. The van der Waals surface area contributed by atoms with Crippen molar-refractivity contribution in [3.63, 3.8) is 0 Å². The van der Waals surface area contributed by atoms with Gasteiger partial charge >= 0.3 is 15.4 Å². The number of hydrogen-bond acceptors (Lipinski definition) is 8. The number of anilines is 1. The molecule has 0 aromatic carbocycles. The Hall–Kier alpha value is -1.52. The first-order chi connectivity index (χ1) is 10.9. The van der Waals surface area contributed by atoms with Gasteiger partial charge in [-0.15, -0.1) is 0 Å². The van der Waals surface area contributed by atoms with Crippen LogP contribution in [-0.4, -0.2) is 51.3 Å². The van der Waals surface area contributed by atoms with Crippen LogP contribution in [0.15, 0.2) is 11.1 Å². The van der Waals surface area contributed by atoms with E-state index >= 15 is 0 Å². The maximum Gasteiger partial charge on any atom is 0.488 e. The summed E-state index contributed by atoms with van der Waals surface area (Å²) in [5.41, 5.74) is 5.63. The average Bonchev–Trinajstić information content (AvgIpc) is 2.89. The number of fused-ring (bicyclic) bond motifs is 1. The van der Waals surface area contributed by atoms with Gasteiger partial charge in [-0.3, -0.25) is 14.3 Å². The molecule has 2 aromatic heterocycles. The second kappa shape index (κ2) is 6.18. The molecule has 2 radical (unpaired) electrons. The third kappa shape index (κ3) is 3.54. The third-order valence-electron chi connectivity index (χ3n) is 3.29. The number of ether oxygens (including phenoxy) is 1. The normalized spacial score (nSPS) is 29.8. The summed E-state index contributed by atoms with van der Waals surface area (Å²) in [4.78, 5) is 32.2. The van der Waals surface area contributed by atoms with Gasteiger partial charge in [0.05, 0.1) is 19.0 Å². The van der Waals surface area contributed by atoms with Crippen LogP contribution < -0.4 is 11.3 Å². The van der Waals surface area contributed by atoms with Crippen molar-refractivity contribution >= 4 is 32.5 Å². The van der Waals surface area contributed by atoms with E-state index < -0.39 is 19.6 Å². The van der Waals surface area contributed by atoms with Crippen LogP contribution in [0.5, 0.6) is 0 Å². The molecule has 1 unspecified atom stereocenters. The van der Waals surface area contributed by atoms with Gasteiger partial charge in [-0.2, -0.15) is 14.0 Å². The fourth-order valence-electron chi connectivity index (χ4n) is 2.27. The molecule has 0 bridgehead atoms. The molecule has 2 aromatic rings. The second-order valence-electron chi connectivity index (χ2n) is 5.16. The fraction of sp³-hybridized carbons (Fsp3) is 0.545. The zero-order chi connectivity index (χ0) is 16.6. The monoisotopic (exact) mass is 340 g/mol. The lowest BCUT2D eigenvalue weighted by Crippen LogP contribution is -2.22. The van der Waals surface area contributed by atoms with E-state index in [0.29, 0.717) is 12.1 Å². The Morgan fingerprint density at radius 1 is 1.57 bits per heavy atom. The summed E-state index contributed by atoms with van der Waals surface area (Å²) in [6.45, 7) is 1.95. The minimum Gasteiger partial charge on any atom is -0.369 e. The summed E-state index contributed by atoms with van der Waals surface area (Å²) < 4.78 is 17.8. The molecule has 1 aliphatic heterocycles. The van der Waals surface area contributed by atoms with E-state index in [9.17, 15) is 9.69 Å². The molecule has 10 nitrogen and oxygen atoms in total. The number of aromatic amines is 1. The minimum atomic E-state index is -3.34. The van der Waals surface area contributed by atoms with E-state index in [2.05, 4.69) is 15.0 Å². The highest BCUT2D eigenvalue weighted by Gasteiger charge is 2.36. The topological polar surface area (TPSA) is 138 Å². The number of nitrogens with two attached hydrogens (primary N) is 1. The zero-order valence-corrected chi connectivity index (χ0v) is 13.3. The van der Waals surface area contributed by atoms with Crippen molar-refractivity contribution in [2.45, 2.75) is 25.7 Å². The van der Waals surface area contributed by atoms with Gasteiger partial charge in [-0.25, -0.2) is 9.88 Å². The maximum atomic E-state index is 11.8. The van der Waals surface area contributed by atoms with Crippen molar-refractivity contribution in [2.24, 2.45) is 0 Å². The summed E-state index contributed by atoms with van der Waals surface area (Å²) in [7, 11) is 2.21.